The standard InChI is InChI=1S/C8H14O5/c1-4(2)6(10)8(12)5(9)3-13-7(8)11/h4-5,7,9,11-12H,3H2,1-2H3/t5-,7+,8-/m0/s1. The lowest BCUT2D eigenvalue weighted by Gasteiger charge is -2.27. The Morgan fingerprint density at radius 2 is 2.08 bits per heavy atom. The molecule has 0 aromatic heterocycles. The first-order valence-electron chi connectivity index (χ1n) is 4.15. The molecule has 3 atom stereocenters. The molecule has 0 radical (unpaired) electrons. The van der Waals surface area contributed by atoms with Crippen LogP contribution in [0, 0.1) is 5.92 Å². The minimum absolute atomic E-state index is 0.226. The molecule has 1 fully saturated rings. The van der Waals surface area contributed by atoms with E-state index in [0.29, 0.717) is 0 Å². The summed E-state index contributed by atoms with van der Waals surface area (Å²) in [4.78, 5) is 11.4. The normalized spacial score (nSPS) is 39.8. The van der Waals surface area contributed by atoms with Crippen molar-refractivity contribution in [2.45, 2.75) is 31.8 Å². The van der Waals surface area contributed by atoms with Crippen LogP contribution in [0.15, 0.2) is 0 Å². The van der Waals surface area contributed by atoms with Gasteiger partial charge in [-0.25, -0.2) is 0 Å². The predicted molar refractivity (Wildman–Crippen MR) is 42.8 cm³/mol. The van der Waals surface area contributed by atoms with Crippen molar-refractivity contribution in [3.63, 3.8) is 0 Å². The molecule has 5 heteroatoms. The molecule has 13 heavy (non-hydrogen) atoms. The van der Waals surface area contributed by atoms with E-state index in [0.717, 1.165) is 0 Å². The highest BCUT2D eigenvalue weighted by Crippen LogP contribution is 2.28. The number of ether oxygens (including phenoxy) is 1. The quantitative estimate of drug-likeness (QED) is 0.501. The number of hydrogen-bond acceptors (Lipinski definition) is 5. The summed E-state index contributed by atoms with van der Waals surface area (Å²) in [5.74, 6) is -1.07. The molecule has 0 unspecified atom stereocenters. The highest BCUT2D eigenvalue weighted by Gasteiger charge is 2.55. The highest BCUT2D eigenvalue weighted by atomic mass is 16.6. The van der Waals surface area contributed by atoms with E-state index in [2.05, 4.69) is 4.74 Å². The van der Waals surface area contributed by atoms with Gasteiger partial charge in [0.2, 0.25) is 5.60 Å². The van der Waals surface area contributed by atoms with Gasteiger partial charge >= 0.3 is 0 Å². The van der Waals surface area contributed by atoms with Crippen LogP contribution in [0.4, 0.5) is 0 Å². The third-order valence-electron chi connectivity index (χ3n) is 2.22. The predicted octanol–water partition coefficient (Wildman–Crippen LogP) is -1.35. The van der Waals surface area contributed by atoms with Crippen molar-refractivity contribution in [1.29, 1.82) is 0 Å². The zero-order chi connectivity index (χ0) is 10.2. The Morgan fingerprint density at radius 3 is 2.38 bits per heavy atom. The summed E-state index contributed by atoms with van der Waals surface area (Å²) in [6.07, 6.45) is -2.98. The Hall–Kier alpha value is -0.490. The SMILES string of the molecule is CC(C)C(=O)[C@]1(O)[C@H](O)OC[C@@H]1O. The van der Waals surface area contributed by atoms with Crippen LogP contribution < -0.4 is 0 Å². The van der Waals surface area contributed by atoms with E-state index in [1.807, 2.05) is 0 Å². The molecule has 1 saturated heterocycles. The van der Waals surface area contributed by atoms with Gasteiger partial charge in [-0.05, 0) is 0 Å². The zero-order valence-electron chi connectivity index (χ0n) is 7.60. The van der Waals surface area contributed by atoms with Gasteiger partial charge in [0.05, 0.1) is 6.61 Å². The molecule has 0 aliphatic carbocycles. The van der Waals surface area contributed by atoms with E-state index in [4.69, 9.17) is 0 Å². The third-order valence-corrected chi connectivity index (χ3v) is 2.22. The molecule has 1 aliphatic heterocycles. The number of Topliss-reactive ketones (excluding diaryl/α,β-unsaturated/α-hetero) is 1. The Labute approximate surface area is 75.9 Å². The fraction of sp³-hybridized carbons (Fsp3) is 0.875. The van der Waals surface area contributed by atoms with Crippen LogP contribution in [0.2, 0.25) is 0 Å². The number of carbonyl (C=O) groups excluding carboxylic acids is 1. The molecule has 1 aliphatic rings. The Morgan fingerprint density at radius 1 is 1.54 bits per heavy atom. The zero-order valence-corrected chi connectivity index (χ0v) is 7.60. The fourth-order valence-electron chi connectivity index (χ4n) is 1.35. The first-order valence-corrected chi connectivity index (χ1v) is 4.15. The van der Waals surface area contributed by atoms with Crippen LogP contribution in [0.3, 0.4) is 0 Å². The molecule has 0 bridgehead atoms. The van der Waals surface area contributed by atoms with Gasteiger partial charge in [-0.1, -0.05) is 13.8 Å². The fourth-order valence-corrected chi connectivity index (χ4v) is 1.35. The number of aliphatic hydroxyl groups is 3. The summed E-state index contributed by atoms with van der Waals surface area (Å²) >= 11 is 0. The summed E-state index contributed by atoms with van der Waals surface area (Å²) in [5.41, 5.74) is -2.16. The third kappa shape index (κ3) is 1.48. The van der Waals surface area contributed by atoms with E-state index in [1.54, 1.807) is 13.8 Å². The van der Waals surface area contributed by atoms with Crippen molar-refractivity contribution >= 4 is 5.78 Å². The molecule has 5 nitrogen and oxygen atoms in total. The maximum Gasteiger partial charge on any atom is 0.202 e. The highest BCUT2D eigenvalue weighted by molar-refractivity contribution is 5.90. The molecule has 0 amide bonds. The van der Waals surface area contributed by atoms with Crippen LogP contribution in [0.25, 0.3) is 0 Å². The number of hydrogen-bond donors (Lipinski definition) is 3. The minimum atomic E-state index is -2.16. The summed E-state index contributed by atoms with van der Waals surface area (Å²) in [6.45, 7) is 2.94. The van der Waals surface area contributed by atoms with Crippen LogP contribution in [0.5, 0.6) is 0 Å². The average Bonchev–Trinajstić information content (AvgIpc) is 2.32. The van der Waals surface area contributed by atoms with E-state index in [1.165, 1.54) is 0 Å². The Kier molecular flexibility index (Phi) is 2.72. The monoisotopic (exact) mass is 190 g/mol. The van der Waals surface area contributed by atoms with Crippen molar-refractivity contribution in [2.75, 3.05) is 6.61 Å². The lowest BCUT2D eigenvalue weighted by molar-refractivity contribution is -0.186. The number of carbonyl (C=O) groups is 1. The van der Waals surface area contributed by atoms with Gasteiger partial charge in [0, 0.05) is 5.92 Å². The van der Waals surface area contributed by atoms with E-state index < -0.39 is 29.7 Å². The lowest BCUT2D eigenvalue weighted by atomic mass is 9.87. The molecule has 3 N–H and O–H groups in total. The molecule has 0 aromatic rings. The second-order valence-electron chi connectivity index (χ2n) is 3.55. The average molecular weight is 190 g/mol. The number of rotatable bonds is 2. The summed E-state index contributed by atoms with van der Waals surface area (Å²) in [6, 6.07) is 0. The largest absolute Gasteiger partial charge is 0.387 e. The summed E-state index contributed by atoms with van der Waals surface area (Å²) in [5, 5.41) is 28.2. The van der Waals surface area contributed by atoms with Gasteiger partial charge in [0.25, 0.3) is 0 Å². The van der Waals surface area contributed by atoms with Gasteiger partial charge in [-0.2, -0.15) is 0 Å². The summed E-state index contributed by atoms with van der Waals surface area (Å²) < 4.78 is 4.59. The second kappa shape index (κ2) is 3.34. The molecular weight excluding hydrogens is 176 g/mol. The minimum Gasteiger partial charge on any atom is -0.387 e. The van der Waals surface area contributed by atoms with Crippen molar-refractivity contribution in [3.8, 4) is 0 Å². The maximum absolute atomic E-state index is 11.4. The first kappa shape index (κ1) is 10.6. The molecule has 0 aromatic carbocycles. The van der Waals surface area contributed by atoms with Crippen LogP contribution >= 0.6 is 0 Å². The van der Waals surface area contributed by atoms with E-state index >= 15 is 0 Å². The van der Waals surface area contributed by atoms with Crippen LogP contribution in [-0.2, 0) is 9.53 Å². The molecule has 1 rings (SSSR count). The van der Waals surface area contributed by atoms with Gasteiger partial charge in [0.15, 0.2) is 12.1 Å². The number of ketones is 1. The molecule has 76 valence electrons. The van der Waals surface area contributed by atoms with Crippen LogP contribution in [0.1, 0.15) is 13.8 Å². The van der Waals surface area contributed by atoms with Gasteiger partial charge < -0.3 is 20.1 Å². The number of aliphatic hydroxyl groups excluding tert-OH is 2. The molecule has 0 saturated carbocycles. The van der Waals surface area contributed by atoms with Crippen LogP contribution in [-0.4, -0.2) is 45.7 Å². The van der Waals surface area contributed by atoms with Gasteiger partial charge in [0.1, 0.15) is 6.10 Å². The van der Waals surface area contributed by atoms with Crippen molar-refractivity contribution in [2.24, 2.45) is 5.92 Å². The van der Waals surface area contributed by atoms with Crippen molar-refractivity contribution < 1.29 is 24.9 Å². The Balaban J connectivity index is 2.90. The van der Waals surface area contributed by atoms with Gasteiger partial charge in [-0.15, -0.1) is 0 Å². The smallest absolute Gasteiger partial charge is 0.202 e. The molecular formula is C8H14O5. The van der Waals surface area contributed by atoms with Gasteiger partial charge in [-0.3, -0.25) is 4.79 Å². The summed E-state index contributed by atoms with van der Waals surface area (Å²) in [7, 11) is 0. The van der Waals surface area contributed by atoms with Crippen molar-refractivity contribution in [1.82, 2.24) is 0 Å². The molecule has 1 heterocycles. The maximum atomic E-state index is 11.4. The second-order valence-corrected chi connectivity index (χ2v) is 3.55. The lowest BCUT2D eigenvalue weighted by Crippen LogP contribution is -2.55. The molecule has 0 spiro atoms. The van der Waals surface area contributed by atoms with Crippen molar-refractivity contribution in [3.05, 3.63) is 0 Å². The topological polar surface area (TPSA) is 87.0 Å². The van der Waals surface area contributed by atoms with E-state index in [-0.39, 0.29) is 6.61 Å². The van der Waals surface area contributed by atoms with E-state index in [9.17, 15) is 20.1 Å². The first-order chi connectivity index (χ1) is 5.90. The Bertz CT molecular complexity index is 203.